The minimum atomic E-state index is -1.25. The van der Waals surface area contributed by atoms with Crippen LogP contribution in [0, 0.1) is 17.1 Å². The molecule has 0 radical (unpaired) electrons. The molecule has 0 amide bonds. The Bertz CT molecular complexity index is 577. The first-order chi connectivity index (χ1) is 10.9. The lowest BCUT2D eigenvalue weighted by Gasteiger charge is -2.19. The fraction of sp³-hybridized carbons (Fsp3) is 0.526. The zero-order valence-electron chi connectivity index (χ0n) is 14.6. The number of rotatable bonds is 4. The van der Waals surface area contributed by atoms with Crippen LogP contribution in [0.2, 0.25) is 19.6 Å². The van der Waals surface area contributed by atoms with Crippen molar-refractivity contribution in [1.29, 1.82) is 0 Å². The summed E-state index contributed by atoms with van der Waals surface area (Å²) in [4.78, 5) is 4.61. The summed E-state index contributed by atoms with van der Waals surface area (Å²) in [6.07, 6.45) is 5.35. The van der Waals surface area contributed by atoms with E-state index in [4.69, 9.17) is 4.74 Å². The molecule has 2 rings (SSSR count). The van der Waals surface area contributed by atoms with Gasteiger partial charge in [-0.25, -0.2) is 4.99 Å². The van der Waals surface area contributed by atoms with Crippen molar-refractivity contribution in [1.82, 2.24) is 0 Å². The second kappa shape index (κ2) is 8.61. The fourth-order valence-electron chi connectivity index (χ4n) is 2.62. The Balaban J connectivity index is 2.12. The van der Waals surface area contributed by atoms with Gasteiger partial charge in [0.1, 0.15) is 13.3 Å². The van der Waals surface area contributed by atoms with Gasteiger partial charge in [-0.2, -0.15) is 0 Å². The van der Waals surface area contributed by atoms with E-state index in [2.05, 4.69) is 42.7 Å². The van der Waals surface area contributed by atoms with Crippen LogP contribution in [0.3, 0.4) is 0 Å². The molecule has 0 bridgehead atoms. The molecule has 1 aliphatic rings. The van der Waals surface area contributed by atoms with Crippen LogP contribution in [0.4, 0.5) is 5.69 Å². The highest BCUT2D eigenvalue weighted by Crippen LogP contribution is 2.29. The van der Waals surface area contributed by atoms with Gasteiger partial charge in [0, 0.05) is 5.92 Å². The maximum Gasteiger partial charge on any atom is 0.269 e. The van der Waals surface area contributed by atoms with Gasteiger partial charge in [0.15, 0.2) is 0 Å². The lowest BCUT2D eigenvalue weighted by molar-refractivity contribution is 0.144. The lowest BCUT2D eigenvalue weighted by Crippen LogP contribution is -2.21. The van der Waals surface area contributed by atoms with Gasteiger partial charge in [0.05, 0.1) is 5.69 Å². The molecule has 1 fully saturated rings. The third kappa shape index (κ3) is 6.84. The summed E-state index contributed by atoms with van der Waals surface area (Å²) in [5, 5.41) is 3.21. The van der Waals surface area contributed by atoms with Crippen LogP contribution in [-0.4, -0.2) is 19.2 Å². The Hall–Kier alpha value is -1.18. The maximum atomic E-state index is 6.13. The molecule has 0 heterocycles. The predicted molar refractivity (Wildman–Crippen MR) is 105 cm³/mol. The molecular weight excluding hydrogens is 318 g/mol. The Morgan fingerprint density at radius 3 is 2.48 bits per heavy atom. The van der Waals surface area contributed by atoms with Crippen molar-refractivity contribution in [2.75, 3.05) is 0 Å². The van der Waals surface area contributed by atoms with E-state index in [1.807, 2.05) is 30.3 Å². The molecule has 124 valence electrons. The molecule has 1 saturated carbocycles. The van der Waals surface area contributed by atoms with Crippen LogP contribution >= 0.6 is 11.2 Å². The Kier molecular flexibility index (Phi) is 6.80. The van der Waals surface area contributed by atoms with Crippen LogP contribution < -0.4 is 0 Å². The first kappa shape index (κ1) is 18.2. The topological polar surface area (TPSA) is 21.6 Å². The molecule has 1 aromatic carbocycles. The smallest absolute Gasteiger partial charge is 0.269 e. The number of ether oxygens (including phenoxy) is 1. The van der Waals surface area contributed by atoms with Gasteiger partial charge in [-0.05, 0) is 43.1 Å². The number of aliphatic imine (C=N–C) groups is 1. The third-order valence-corrected chi connectivity index (χ3v) is 6.82. The SMILES string of the molecule is CC(OC(C#CS[Si](C)(C)C)=Nc1ccccc1)C1CCCC1. The summed E-state index contributed by atoms with van der Waals surface area (Å²) in [5.74, 6) is 4.35. The van der Waals surface area contributed by atoms with Crippen LogP contribution in [-0.2, 0) is 4.74 Å². The van der Waals surface area contributed by atoms with Gasteiger partial charge in [-0.15, -0.1) is 11.2 Å². The molecule has 1 aliphatic carbocycles. The average molecular weight is 346 g/mol. The van der Waals surface area contributed by atoms with Crippen LogP contribution in [0.1, 0.15) is 32.6 Å². The normalized spacial score (nSPS) is 17.5. The second-order valence-corrected chi connectivity index (χ2v) is 16.0. The molecule has 0 N–H and O–H groups in total. The second-order valence-electron chi connectivity index (χ2n) is 7.06. The van der Waals surface area contributed by atoms with Gasteiger partial charge in [-0.3, -0.25) is 0 Å². The van der Waals surface area contributed by atoms with E-state index in [1.54, 1.807) is 11.2 Å². The summed E-state index contributed by atoms with van der Waals surface area (Å²) in [6.45, 7) is 9.04. The summed E-state index contributed by atoms with van der Waals surface area (Å²) < 4.78 is 6.13. The van der Waals surface area contributed by atoms with E-state index in [0.29, 0.717) is 11.8 Å². The van der Waals surface area contributed by atoms with Crippen molar-refractivity contribution in [2.24, 2.45) is 10.9 Å². The highest BCUT2D eigenvalue weighted by Gasteiger charge is 2.23. The van der Waals surface area contributed by atoms with E-state index in [1.165, 1.54) is 25.7 Å². The largest absolute Gasteiger partial charge is 0.468 e. The number of hydrogen-bond acceptors (Lipinski definition) is 3. The van der Waals surface area contributed by atoms with Crippen molar-refractivity contribution >= 4 is 30.0 Å². The molecule has 0 aromatic heterocycles. The quantitative estimate of drug-likeness (QED) is 0.296. The molecule has 0 spiro atoms. The van der Waals surface area contributed by atoms with Crippen molar-refractivity contribution in [3.63, 3.8) is 0 Å². The fourth-order valence-corrected chi connectivity index (χ4v) is 4.14. The molecule has 1 unspecified atom stereocenters. The predicted octanol–water partition coefficient (Wildman–Crippen LogP) is 5.84. The number of benzene rings is 1. The minimum absolute atomic E-state index is 0.186. The van der Waals surface area contributed by atoms with E-state index in [-0.39, 0.29) is 6.10 Å². The van der Waals surface area contributed by atoms with Gasteiger partial charge >= 0.3 is 0 Å². The van der Waals surface area contributed by atoms with Crippen molar-refractivity contribution in [3.8, 4) is 11.2 Å². The Morgan fingerprint density at radius 2 is 1.87 bits per heavy atom. The third-order valence-electron chi connectivity index (χ3n) is 3.86. The van der Waals surface area contributed by atoms with Crippen molar-refractivity contribution in [3.05, 3.63) is 30.3 Å². The first-order valence-electron chi connectivity index (χ1n) is 8.43. The minimum Gasteiger partial charge on any atom is -0.468 e. The molecule has 0 aliphatic heterocycles. The van der Waals surface area contributed by atoms with Crippen LogP contribution in [0.15, 0.2) is 35.3 Å². The Morgan fingerprint density at radius 1 is 1.22 bits per heavy atom. The molecule has 0 saturated heterocycles. The molecule has 2 nitrogen and oxygen atoms in total. The van der Waals surface area contributed by atoms with Crippen molar-refractivity contribution in [2.45, 2.75) is 58.4 Å². The summed E-state index contributed by atoms with van der Waals surface area (Å²) >= 11 is 1.75. The average Bonchev–Trinajstić information content (AvgIpc) is 3.01. The van der Waals surface area contributed by atoms with Crippen LogP contribution in [0.5, 0.6) is 0 Å². The number of para-hydroxylation sites is 1. The standard InChI is InChI=1S/C19H27NOSSi/c1-16(17-10-8-9-11-17)21-19(14-15-22-23(2,3)4)20-18-12-6-5-7-13-18/h5-7,12-13,16-17H,8-11H2,1-4H3. The van der Waals surface area contributed by atoms with Crippen molar-refractivity contribution < 1.29 is 4.74 Å². The molecule has 1 atom stereocenters. The zero-order valence-corrected chi connectivity index (χ0v) is 16.5. The molecular formula is C19H27NOSSi. The van der Waals surface area contributed by atoms with E-state index in [9.17, 15) is 0 Å². The summed E-state index contributed by atoms with van der Waals surface area (Å²) in [7, 11) is -1.25. The molecule has 23 heavy (non-hydrogen) atoms. The lowest BCUT2D eigenvalue weighted by atomic mass is 10.0. The van der Waals surface area contributed by atoms with Crippen LogP contribution in [0.25, 0.3) is 0 Å². The number of hydrogen-bond donors (Lipinski definition) is 0. The van der Waals surface area contributed by atoms with Gasteiger partial charge < -0.3 is 4.74 Å². The van der Waals surface area contributed by atoms with Gasteiger partial charge in [0.2, 0.25) is 0 Å². The summed E-state index contributed by atoms with van der Waals surface area (Å²) in [5.41, 5.74) is 0.897. The summed E-state index contributed by atoms with van der Waals surface area (Å²) in [6, 6.07) is 9.93. The molecule has 4 heteroatoms. The monoisotopic (exact) mass is 345 g/mol. The highest BCUT2D eigenvalue weighted by atomic mass is 32.4. The van der Waals surface area contributed by atoms with Gasteiger partial charge in [-0.1, -0.05) is 50.7 Å². The number of nitrogens with zero attached hydrogens (tertiary/aromatic N) is 1. The maximum absolute atomic E-state index is 6.13. The zero-order chi connectivity index (χ0) is 16.7. The Labute approximate surface area is 145 Å². The first-order valence-corrected chi connectivity index (χ1v) is 13.5. The highest BCUT2D eigenvalue weighted by molar-refractivity contribution is 8.32. The van der Waals surface area contributed by atoms with E-state index >= 15 is 0 Å². The van der Waals surface area contributed by atoms with Gasteiger partial charge in [0.25, 0.3) is 5.90 Å². The molecule has 1 aromatic rings. The van der Waals surface area contributed by atoms with E-state index in [0.717, 1.165) is 5.69 Å². The van der Waals surface area contributed by atoms with E-state index < -0.39 is 7.22 Å².